The summed E-state index contributed by atoms with van der Waals surface area (Å²) in [5, 5.41) is 2.84. The monoisotopic (exact) mass is 373 g/mol. The smallest absolute Gasteiger partial charge is 0.317 e. The van der Waals surface area contributed by atoms with Gasteiger partial charge in [0.25, 0.3) is 0 Å². The molecule has 1 aliphatic rings. The lowest BCUT2D eigenvalue weighted by Crippen LogP contribution is -2.36. The van der Waals surface area contributed by atoms with Crippen molar-refractivity contribution in [3.8, 4) is 0 Å². The van der Waals surface area contributed by atoms with E-state index in [0.29, 0.717) is 12.2 Å². The van der Waals surface area contributed by atoms with Crippen LogP contribution in [-0.4, -0.2) is 43.8 Å². The van der Waals surface area contributed by atoms with Crippen LogP contribution >= 0.6 is 0 Å². The van der Waals surface area contributed by atoms with Gasteiger partial charge in [-0.3, -0.25) is 0 Å². The molecule has 0 aromatic heterocycles. The highest BCUT2D eigenvalue weighted by Gasteiger charge is 2.32. The Morgan fingerprint density at radius 1 is 1.08 bits per heavy atom. The maximum atomic E-state index is 12.7. The Morgan fingerprint density at radius 2 is 1.77 bits per heavy atom. The van der Waals surface area contributed by atoms with Gasteiger partial charge in [-0.1, -0.05) is 36.4 Å². The van der Waals surface area contributed by atoms with Crippen molar-refractivity contribution in [2.45, 2.75) is 30.3 Å². The predicted octanol–water partition coefficient (Wildman–Crippen LogP) is 3.13. The molecule has 0 aliphatic heterocycles. The van der Waals surface area contributed by atoms with Crippen molar-refractivity contribution < 1.29 is 13.2 Å². The van der Waals surface area contributed by atoms with Crippen LogP contribution in [0.1, 0.15) is 18.4 Å². The molecule has 26 heavy (non-hydrogen) atoms. The van der Waals surface area contributed by atoms with E-state index in [4.69, 9.17) is 0 Å². The molecule has 7 heteroatoms. The van der Waals surface area contributed by atoms with Crippen molar-refractivity contribution in [1.29, 1.82) is 0 Å². The number of anilines is 1. The van der Waals surface area contributed by atoms with E-state index in [0.717, 1.165) is 22.7 Å². The zero-order chi connectivity index (χ0) is 18.7. The van der Waals surface area contributed by atoms with Gasteiger partial charge >= 0.3 is 6.03 Å². The highest BCUT2D eigenvalue weighted by molar-refractivity contribution is 7.89. The standard InChI is InChI=1S/C19H23N3O3S/c1-21(2)26(24,25)18-10-6-9-16(13-18)20-19(23)22(17-11-12-17)14-15-7-4-3-5-8-15/h3-10,13,17H,11-12,14H2,1-2H3,(H,20,23). The van der Waals surface area contributed by atoms with Crippen LogP contribution in [0, 0.1) is 0 Å². The van der Waals surface area contributed by atoms with Crippen molar-refractivity contribution in [3.63, 3.8) is 0 Å². The third-order valence-corrected chi connectivity index (χ3v) is 6.12. The summed E-state index contributed by atoms with van der Waals surface area (Å²) in [7, 11) is -0.577. The van der Waals surface area contributed by atoms with Gasteiger partial charge in [0.1, 0.15) is 0 Å². The molecular formula is C19H23N3O3S. The van der Waals surface area contributed by atoms with Gasteiger partial charge in [-0.15, -0.1) is 0 Å². The molecule has 1 fully saturated rings. The summed E-state index contributed by atoms with van der Waals surface area (Å²) < 4.78 is 25.7. The summed E-state index contributed by atoms with van der Waals surface area (Å²) in [5.74, 6) is 0. The Bertz CT molecular complexity index is 878. The van der Waals surface area contributed by atoms with E-state index in [2.05, 4.69) is 5.32 Å². The fraction of sp³-hybridized carbons (Fsp3) is 0.316. The summed E-state index contributed by atoms with van der Waals surface area (Å²) in [6, 6.07) is 16.2. The minimum atomic E-state index is -3.54. The first-order valence-corrected chi connectivity index (χ1v) is 9.96. The zero-order valence-corrected chi connectivity index (χ0v) is 15.7. The van der Waals surface area contributed by atoms with E-state index >= 15 is 0 Å². The molecular weight excluding hydrogens is 350 g/mol. The van der Waals surface area contributed by atoms with Crippen molar-refractivity contribution in [2.24, 2.45) is 0 Å². The lowest BCUT2D eigenvalue weighted by molar-refractivity contribution is 0.206. The first-order valence-electron chi connectivity index (χ1n) is 8.52. The number of sulfonamides is 1. The Labute approximate surface area is 154 Å². The SMILES string of the molecule is CN(C)S(=O)(=O)c1cccc(NC(=O)N(Cc2ccccc2)C2CC2)c1. The highest BCUT2D eigenvalue weighted by atomic mass is 32.2. The van der Waals surface area contributed by atoms with Crippen LogP contribution in [0.3, 0.4) is 0 Å². The number of urea groups is 1. The topological polar surface area (TPSA) is 69.7 Å². The van der Waals surface area contributed by atoms with E-state index in [-0.39, 0.29) is 17.0 Å². The van der Waals surface area contributed by atoms with Crippen molar-refractivity contribution >= 4 is 21.7 Å². The fourth-order valence-electron chi connectivity index (χ4n) is 2.67. The number of hydrogen-bond acceptors (Lipinski definition) is 3. The van der Waals surface area contributed by atoms with Crippen LogP contribution in [0.2, 0.25) is 0 Å². The van der Waals surface area contributed by atoms with Gasteiger partial charge in [0.15, 0.2) is 0 Å². The molecule has 6 nitrogen and oxygen atoms in total. The second kappa shape index (κ2) is 7.47. The molecule has 1 saturated carbocycles. The van der Waals surface area contributed by atoms with Gasteiger partial charge < -0.3 is 10.2 Å². The summed E-state index contributed by atoms with van der Waals surface area (Å²) in [6.45, 7) is 0.535. The third-order valence-electron chi connectivity index (χ3n) is 4.31. The lowest BCUT2D eigenvalue weighted by atomic mass is 10.2. The van der Waals surface area contributed by atoms with E-state index in [1.165, 1.54) is 26.2 Å². The third kappa shape index (κ3) is 4.23. The largest absolute Gasteiger partial charge is 0.322 e. The Morgan fingerprint density at radius 3 is 2.38 bits per heavy atom. The summed E-state index contributed by atoms with van der Waals surface area (Å²) >= 11 is 0. The van der Waals surface area contributed by atoms with Crippen LogP contribution < -0.4 is 5.32 Å². The Kier molecular flexibility index (Phi) is 5.29. The minimum Gasteiger partial charge on any atom is -0.317 e. The Hall–Kier alpha value is -2.38. The highest BCUT2D eigenvalue weighted by Crippen LogP contribution is 2.29. The van der Waals surface area contributed by atoms with Gasteiger partial charge in [-0.2, -0.15) is 0 Å². The number of rotatable bonds is 6. The number of nitrogens with zero attached hydrogens (tertiary/aromatic N) is 2. The van der Waals surface area contributed by atoms with Crippen LogP contribution in [0.4, 0.5) is 10.5 Å². The molecule has 1 aliphatic carbocycles. The zero-order valence-electron chi connectivity index (χ0n) is 14.9. The number of carbonyl (C=O) groups excluding carboxylic acids is 1. The number of amides is 2. The predicted molar refractivity (Wildman–Crippen MR) is 101 cm³/mol. The quantitative estimate of drug-likeness (QED) is 0.846. The fourth-order valence-corrected chi connectivity index (χ4v) is 3.62. The van der Waals surface area contributed by atoms with Gasteiger partial charge in [0, 0.05) is 32.4 Å². The van der Waals surface area contributed by atoms with Crippen LogP contribution in [0.15, 0.2) is 59.5 Å². The molecule has 0 heterocycles. The van der Waals surface area contributed by atoms with Crippen molar-refractivity contribution in [2.75, 3.05) is 19.4 Å². The van der Waals surface area contributed by atoms with E-state index in [9.17, 15) is 13.2 Å². The molecule has 0 atom stereocenters. The van der Waals surface area contributed by atoms with Gasteiger partial charge in [0.05, 0.1) is 4.90 Å². The molecule has 0 radical (unpaired) electrons. The molecule has 3 rings (SSSR count). The maximum absolute atomic E-state index is 12.7. The Balaban J connectivity index is 1.76. The second-order valence-electron chi connectivity index (χ2n) is 6.59. The van der Waals surface area contributed by atoms with Gasteiger partial charge in [-0.05, 0) is 36.6 Å². The molecule has 2 amide bonds. The van der Waals surface area contributed by atoms with Gasteiger partial charge in [-0.25, -0.2) is 17.5 Å². The summed E-state index contributed by atoms with van der Waals surface area (Å²) in [6.07, 6.45) is 1.99. The van der Waals surface area contributed by atoms with Crippen molar-refractivity contribution in [1.82, 2.24) is 9.21 Å². The van der Waals surface area contributed by atoms with E-state index in [1.807, 2.05) is 35.2 Å². The second-order valence-corrected chi connectivity index (χ2v) is 8.74. The number of hydrogen-bond donors (Lipinski definition) is 1. The average Bonchev–Trinajstić information content (AvgIpc) is 3.45. The summed E-state index contributed by atoms with van der Waals surface area (Å²) in [5.41, 5.74) is 1.54. The first-order chi connectivity index (χ1) is 12.4. The molecule has 0 spiro atoms. The molecule has 2 aromatic carbocycles. The van der Waals surface area contributed by atoms with E-state index in [1.54, 1.807) is 12.1 Å². The van der Waals surface area contributed by atoms with Crippen LogP contribution in [0.5, 0.6) is 0 Å². The molecule has 138 valence electrons. The average molecular weight is 373 g/mol. The number of benzene rings is 2. The lowest BCUT2D eigenvalue weighted by Gasteiger charge is -2.23. The molecule has 2 aromatic rings. The molecule has 0 bridgehead atoms. The van der Waals surface area contributed by atoms with E-state index < -0.39 is 10.0 Å². The first kappa shape index (κ1) is 18.4. The number of carbonyl (C=O) groups is 1. The minimum absolute atomic E-state index is 0.154. The van der Waals surface area contributed by atoms with Crippen LogP contribution in [0.25, 0.3) is 0 Å². The number of nitrogens with one attached hydrogen (secondary N) is 1. The maximum Gasteiger partial charge on any atom is 0.322 e. The van der Waals surface area contributed by atoms with Crippen molar-refractivity contribution in [3.05, 3.63) is 60.2 Å². The van der Waals surface area contributed by atoms with Crippen LogP contribution in [-0.2, 0) is 16.6 Å². The molecule has 1 N–H and O–H groups in total. The molecule has 0 unspecified atom stereocenters. The van der Waals surface area contributed by atoms with Gasteiger partial charge in [0.2, 0.25) is 10.0 Å². The summed E-state index contributed by atoms with van der Waals surface area (Å²) in [4.78, 5) is 14.7. The normalized spacial score (nSPS) is 14.3. The molecule has 0 saturated heterocycles.